The van der Waals surface area contributed by atoms with Crippen molar-refractivity contribution in [3.05, 3.63) is 47.7 Å². The van der Waals surface area contributed by atoms with E-state index in [1.807, 2.05) is 61.7 Å². The number of aromatic nitrogens is 2. The molecule has 3 aromatic rings. The summed E-state index contributed by atoms with van der Waals surface area (Å²) in [6.07, 6.45) is 4.86. The van der Waals surface area contributed by atoms with E-state index in [0.29, 0.717) is 31.3 Å². The molecule has 27 heavy (non-hydrogen) atoms. The van der Waals surface area contributed by atoms with E-state index in [-0.39, 0.29) is 4.48 Å². The van der Waals surface area contributed by atoms with Crippen molar-refractivity contribution in [3.63, 3.8) is 0 Å². The fraction of sp³-hybridized carbons (Fsp3) is 0.300. The number of pyridine rings is 1. The highest BCUT2D eigenvalue weighted by molar-refractivity contribution is 6.30. The average Bonchev–Trinajstić information content (AvgIpc) is 3.09. The highest BCUT2D eigenvalue weighted by atomic mass is 35.5. The maximum atomic E-state index is 12.1. The van der Waals surface area contributed by atoms with Gasteiger partial charge in [0.2, 0.25) is 0 Å². The molecule has 140 valence electrons. The largest absolute Gasteiger partial charge is 0.370 e. The molecule has 0 saturated carbocycles. The third-order valence-electron chi connectivity index (χ3n) is 5.33. The summed E-state index contributed by atoms with van der Waals surface area (Å²) in [4.78, 5) is 18.9. The van der Waals surface area contributed by atoms with Gasteiger partial charge in [0.25, 0.3) is 0 Å². The number of fused-ring (bicyclic) bond motifs is 1. The van der Waals surface area contributed by atoms with Gasteiger partial charge in [-0.15, -0.1) is 0 Å². The third kappa shape index (κ3) is 3.00. The SMILES string of the molecule is CN(c1cccc(Cl)c1)c1ncc([N+]2(C=O)CCOCC2)c2c1ccn2C. The summed E-state index contributed by atoms with van der Waals surface area (Å²) in [7, 11) is 3.97. The normalized spacial score (nSPS) is 16.4. The Morgan fingerprint density at radius 1 is 1.30 bits per heavy atom. The number of benzene rings is 1. The van der Waals surface area contributed by atoms with Gasteiger partial charge in [0, 0.05) is 36.4 Å². The molecule has 1 aliphatic rings. The highest BCUT2D eigenvalue weighted by Gasteiger charge is 2.36. The summed E-state index contributed by atoms with van der Waals surface area (Å²) in [6.45, 7) is 2.37. The van der Waals surface area contributed by atoms with Crippen LogP contribution >= 0.6 is 11.6 Å². The summed E-state index contributed by atoms with van der Waals surface area (Å²) >= 11 is 6.16. The molecule has 0 aliphatic carbocycles. The Morgan fingerprint density at radius 3 is 2.78 bits per heavy atom. The zero-order valence-corrected chi connectivity index (χ0v) is 16.2. The zero-order valence-electron chi connectivity index (χ0n) is 15.4. The van der Waals surface area contributed by atoms with Crippen molar-refractivity contribution in [2.75, 3.05) is 38.3 Å². The van der Waals surface area contributed by atoms with Gasteiger partial charge in [-0.25, -0.2) is 14.3 Å². The van der Waals surface area contributed by atoms with Crippen LogP contribution in [0.15, 0.2) is 42.7 Å². The Balaban J connectivity index is 1.88. The smallest absolute Gasteiger partial charge is 0.306 e. The van der Waals surface area contributed by atoms with Crippen LogP contribution in [0, 0.1) is 0 Å². The van der Waals surface area contributed by atoms with Crippen LogP contribution < -0.4 is 9.38 Å². The van der Waals surface area contributed by atoms with Crippen LogP contribution in [0.4, 0.5) is 17.2 Å². The number of hydrogen-bond acceptors (Lipinski definition) is 4. The molecule has 0 atom stereocenters. The van der Waals surface area contributed by atoms with Crippen molar-refractivity contribution < 1.29 is 9.53 Å². The van der Waals surface area contributed by atoms with Crippen LogP contribution in [-0.2, 0) is 16.6 Å². The van der Waals surface area contributed by atoms with Crippen LogP contribution in [0.2, 0.25) is 5.02 Å². The van der Waals surface area contributed by atoms with Gasteiger partial charge in [0.1, 0.15) is 24.4 Å². The van der Waals surface area contributed by atoms with Gasteiger partial charge in [-0.05, 0) is 24.3 Å². The van der Waals surface area contributed by atoms with Crippen molar-refractivity contribution >= 4 is 46.1 Å². The van der Waals surface area contributed by atoms with Crippen LogP contribution in [0.3, 0.4) is 0 Å². The maximum absolute atomic E-state index is 12.1. The monoisotopic (exact) mass is 385 g/mol. The fourth-order valence-electron chi connectivity index (χ4n) is 3.75. The minimum atomic E-state index is 0.239. The van der Waals surface area contributed by atoms with Crippen molar-refractivity contribution in [3.8, 4) is 0 Å². The predicted octanol–water partition coefficient (Wildman–Crippen LogP) is 3.49. The van der Waals surface area contributed by atoms with Crippen LogP contribution in [0.5, 0.6) is 0 Å². The Morgan fingerprint density at radius 2 is 2.07 bits per heavy atom. The summed E-state index contributed by atoms with van der Waals surface area (Å²) in [5.41, 5.74) is 2.89. The van der Waals surface area contributed by atoms with E-state index in [4.69, 9.17) is 21.3 Å². The number of morpholine rings is 1. The van der Waals surface area contributed by atoms with E-state index in [0.717, 1.165) is 34.5 Å². The second-order valence-corrected chi connectivity index (χ2v) is 7.33. The number of aryl methyl sites for hydroxylation is 1. The first-order valence-electron chi connectivity index (χ1n) is 8.90. The molecule has 4 rings (SSSR count). The Bertz CT molecular complexity index is 995. The topological polar surface area (TPSA) is 47.4 Å². The number of carbonyl (C=O) groups excluding carboxylic acids is 1. The Hall–Kier alpha value is -2.41. The molecule has 1 saturated heterocycles. The lowest BCUT2D eigenvalue weighted by Gasteiger charge is -2.35. The number of amides is 1. The minimum absolute atomic E-state index is 0.239. The van der Waals surface area contributed by atoms with Crippen LogP contribution in [0.25, 0.3) is 10.9 Å². The Labute approximate surface area is 163 Å². The number of quaternary nitrogens is 1. The van der Waals surface area contributed by atoms with E-state index in [1.54, 1.807) is 0 Å². The number of carbonyl (C=O) groups is 1. The number of nitrogens with zero attached hydrogens (tertiary/aromatic N) is 4. The molecule has 0 bridgehead atoms. The standard InChI is InChI=1S/C20H22ClN4O2/c1-23-7-6-17-19(23)18(25(14-26)8-10-27-11-9-25)13-22-20(17)24(2)16-5-3-4-15(21)12-16/h3-7,12-14H,8-11H2,1-2H3/q+1. The van der Waals surface area contributed by atoms with Crippen molar-refractivity contribution in [1.82, 2.24) is 14.0 Å². The van der Waals surface area contributed by atoms with Gasteiger partial charge in [-0.1, -0.05) is 17.7 Å². The summed E-state index contributed by atoms with van der Waals surface area (Å²) < 4.78 is 7.78. The fourth-order valence-corrected chi connectivity index (χ4v) is 3.94. The molecule has 0 radical (unpaired) electrons. The first-order chi connectivity index (χ1) is 13.1. The second-order valence-electron chi connectivity index (χ2n) is 6.89. The van der Waals surface area contributed by atoms with Crippen molar-refractivity contribution in [2.24, 2.45) is 7.05 Å². The van der Waals surface area contributed by atoms with Gasteiger partial charge >= 0.3 is 6.41 Å². The molecule has 3 heterocycles. The molecule has 0 spiro atoms. The second kappa shape index (κ2) is 6.96. The molecule has 1 aliphatic heterocycles. The molecule has 0 unspecified atom stereocenters. The van der Waals surface area contributed by atoms with Crippen LogP contribution in [-0.4, -0.2) is 49.3 Å². The number of halogens is 1. The lowest BCUT2D eigenvalue weighted by Crippen LogP contribution is -2.55. The molecule has 6 nitrogen and oxygen atoms in total. The van der Waals surface area contributed by atoms with E-state index in [9.17, 15) is 4.79 Å². The summed E-state index contributed by atoms with van der Waals surface area (Å²) in [6, 6.07) is 9.73. The van der Waals surface area contributed by atoms with Crippen LogP contribution in [0.1, 0.15) is 0 Å². The summed E-state index contributed by atoms with van der Waals surface area (Å²) in [5, 5.41) is 1.68. The van der Waals surface area contributed by atoms with Gasteiger partial charge in [0.05, 0.1) is 19.4 Å². The minimum Gasteiger partial charge on any atom is -0.370 e. The number of ether oxygens (including phenoxy) is 1. The summed E-state index contributed by atoms with van der Waals surface area (Å²) in [5.74, 6) is 0.828. The third-order valence-corrected chi connectivity index (χ3v) is 5.56. The molecule has 2 aromatic heterocycles. The lowest BCUT2D eigenvalue weighted by molar-refractivity contribution is -0.121. The quantitative estimate of drug-likeness (QED) is 0.509. The van der Waals surface area contributed by atoms with E-state index < -0.39 is 0 Å². The number of anilines is 2. The number of rotatable bonds is 4. The van der Waals surface area contributed by atoms with Crippen molar-refractivity contribution in [2.45, 2.75) is 0 Å². The van der Waals surface area contributed by atoms with E-state index >= 15 is 0 Å². The van der Waals surface area contributed by atoms with E-state index in [2.05, 4.69) is 4.57 Å². The average molecular weight is 386 g/mol. The maximum Gasteiger partial charge on any atom is 0.306 e. The number of hydrogen-bond donors (Lipinski definition) is 0. The van der Waals surface area contributed by atoms with Crippen molar-refractivity contribution in [1.29, 1.82) is 0 Å². The predicted molar refractivity (Wildman–Crippen MR) is 109 cm³/mol. The Kier molecular flexibility index (Phi) is 4.63. The van der Waals surface area contributed by atoms with Gasteiger partial charge < -0.3 is 14.2 Å². The molecular formula is C20H22ClN4O2+. The first kappa shape index (κ1) is 18.0. The molecule has 7 heteroatoms. The lowest BCUT2D eigenvalue weighted by atomic mass is 10.2. The molecule has 0 N–H and O–H groups in total. The molecular weight excluding hydrogens is 364 g/mol. The highest BCUT2D eigenvalue weighted by Crippen LogP contribution is 2.38. The van der Waals surface area contributed by atoms with Gasteiger partial charge in [-0.3, -0.25) is 0 Å². The van der Waals surface area contributed by atoms with E-state index in [1.165, 1.54) is 0 Å². The molecule has 1 fully saturated rings. The zero-order chi connectivity index (χ0) is 19.0. The van der Waals surface area contributed by atoms with Gasteiger partial charge in [0.15, 0.2) is 5.69 Å². The first-order valence-corrected chi connectivity index (χ1v) is 9.28. The molecule has 1 aromatic carbocycles. The van der Waals surface area contributed by atoms with Gasteiger partial charge in [-0.2, -0.15) is 0 Å². The molecule has 1 amide bonds.